The van der Waals surface area contributed by atoms with Crippen molar-refractivity contribution in [3.63, 3.8) is 0 Å². The van der Waals surface area contributed by atoms with E-state index in [1.54, 1.807) is 6.20 Å². The topological polar surface area (TPSA) is 84.7 Å². The summed E-state index contributed by atoms with van der Waals surface area (Å²) in [6.45, 7) is 0. The molecule has 1 saturated carbocycles. The molecule has 2 aliphatic rings. The summed E-state index contributed by atoms with van der Waals surface area (Å²) in [5.41, 5.74) is 4.49. The van der Waals surface area contributed by atoms with Crippen molar-refractivity contribution in [2.45, 2.75) is 19.3 Å². The van der Waals surface area contributed by atoms with Gasteiger partial charge in [0.2, 0.25) is 5.91 Å². The lowest BCUT2D eigenvalue weighted by Crippen LogP contribution is -2.27. The zero-order valence-electron chi connectivity index (χ0n) is 16.7. The Hall–Kier alpha value is -4.00. The SMILES string of the molecule is O=C(Nc1ccc(-c2nnc3n2-c2cccnc2Nc2ccccc2-3)cc1)C1CCC1. The van der Waals surface area contributed by atoms with Gasteiger partial charge in [0.15, 0.2) is 17.5 Å². The normalized spacial score (nSPS) is 14.3. The first kappa shape index (κ1) is 17.8. The molecule has 1 aliphatic heterocycles. The average molecular weight is 408 g/mol. The van der Waals surface area contributed by atoms with Crippen molar-refractivity contribution >= 4 is 23.1 Å². The zero-order chi connectivity index (χ0) is 20.8. The predicted octanol–water partition coefficient (Wildman–Crippen LogP) is 4.79. The first-order valence-electron chi connectivity index (χ1n) is 10.5. The van der Waals surface area contributed by atoms with E-state index in [4.69, 9.17) is 0 Å². The van der Waals surface area contributed by atoms with Gasteiger partial charge in [0.25, 0.3) is 0 Å². The number of para-hydroxylation sites is 1. The minimum atomic E-state index is 0.109. The molecule has 2 N–H and O–H groups in total. The third kappa shape index (κ3) is 2.97. The standard InChI is InChI=1S/C24H20N6O/c31-24(16-5-3-6-16)26-17-12-10-15(11-13-17)22-28-29-23-18-7-1-2-8-19(18)27-21-20(30(22)23)9-4-14-25-21/h1-2,4,7-14,16H,3,5-6H2,(H,25,27)(H,26,31). The molecule has 31 heavy (non-hydrogen) atoms. The van der Waals surface area contributed by atoms with Gasteiger partial charge in [-0.05, 0) is 61.4 Å². The third-order valence-electron chi connectivity index (χ3n) is 6.00. The van der Waals surface area contributed by atoms with Crippen molar-refractivity contribution in [1.29, 1.82) is 0 Å². The molecule has 2 aromatic carbocycles. The largest absolute Gasteiger partial charge is 0.338 e. The van der Waals surface area contributed by atoms with Crippen molar-refractivity contribution in [1.82, 2.24) is 19.7 Å². The Balaban J connectivity index is 1.42. The molecule has 0 spiro atoms. The number of fused-ring (bicyclic) bond motifs is 5. The van der Waals surface area contributed by atoms with Crippen LogP contribution in [0.25, 0.3) is 28.5 Å². The second-order valence-corrected chi connectivity index (χ2v) is 7.92. The quantitative estimate of drug-likeness (QED) is 0.448. The molecule has 0 atom stereocenters. The molecule has 7 nitrogen and oxygen atoms in total. The molecule has 1 fully saturated rings. The van der Waals surface area contributed by atoms with E-state index < -0.39 is 0 Å². The number of benzene rings is 2. The van der Waals surface area contributed by atoms with Gasteiger partial charge in [-0.1, -0.05) is 18.6 Å². The Labute approximate surface area is 179 Å². The number of hydrogen-bond donors (Lipinski definition) is 2. The summed E-state index contributed by atoms with van der Waals surface area (Å²) in [6.07, 6.45) is 4.88. The smallest absolute Gasteiger partial charge is 0.227 e. The average Bonchev–Trinajstić information content (AvgIpc) is 3.13. The van der Waals surface area contributed by atoms with Crippen LogP contribution in [-0.4, -0.2) is 25.7 Å². The number of pyridine rings is 1. The number of anilines is 3. The number of aromatic nitrogens is 4. The lowest BCUT2D eigenvalue weighted by molar-refractivity contribution is -0.122. The van der Waals surface area contributed by atoms with E-state index in [1.807, 2.05) is 65.2 Å². The maximum atomic E-state index is 12.2. The van der Waals surface area contributed by atoms with Crippen LogP contribution in [0, 0.1) is 5.92 Å². The minimum Gasteiger partial charge on any atom is -0.338 e. The highest BCUT2D eigenvalue weighted by Gasteiger charge is 2.26. The molecule has 0 unspecified atom stereocenters. The Morgan fingerprint density at radius 2 is 1.77 bits per heavy atom. The Kier molecular flexibility index (Phi) is 4.06. The highest BCUT2D eigenvalue weighted by atomic mass is 16.1. The fourth-order valence-electron chi connectivity index (χ4n) is 4.08. The summed E-state index contributed by atoms with van der Waals surface area (Å²) in [4.78, 5) is 16.8. The fraction of sp³-hybridized carbons (Fsp3) is 0.167. The van der Waals surface area contributed by atoms with Crippen molar-refractivity contribution in [2.75, 3.05) is 10.6 Å². The van der Waals surface area contributed by atoms with Gasteiger partial charge in [-0.3, -0.25) is 9.36 Å². The summed E-state index contributed by atoms with van der Waals surface area (Å²) in [6, 6.07) is 19.7. The molecule has 152 valence electrons. The number of nitrogens with one attached hydrogen (secondary N) is 2. The van der Waals surface area contributed by atoms with Crippen LogP contribution in [0.2, 0.25) is 0 Å². The van der Waals surface area contributed by atoms with E-state index in [1.165, 1.54) is 0 Å². The molecular weight excluding hydrogens is 388 g/mol. The van der Waals surface area contributed by atoms with Crippen molar-refractivity contribution in [2.24, 2.45) is 5.92 Å². The molecule has 7 heteroatoms. The van der Waals surface area contributed by atoms with Crippen LogP contribution in [0.5, 0.6) is 0 Å². The fourth-order valence-corrected chi connectivity index (χ4v) is 4.08. The summed E-state index contributed by atoms with van der Waals surface area (Å²) in [7, 11) is 0. The number of carbonyl (C=O) groups excluding carboxylic acids is 1. The molecule has 2 aromatic heterocycles. The summed E-state index contributed by atoms with van der Waals surface area (Å²) in [5.74, 6) is 2.49. The van der Waals surface area contributed by atoms with Crippen LogP contribution in [-0.2, 0) is 4.79 Å². The van der Waals surface area contributed by atoms with E-state index in [0.29, 0.717) is 0 Å². The van der Waals surface area contributed by atoms with Crippen molar-refractivity contribution < 1.29 is 4.79 Å². The Morgan fingerprint density at radius 3 is 2.58 bits per heavy atom. The Morgan fingerprint density at radius 1 is 0.968 bits per heavy atom. The first-order chi connectivity index (χ1) is 15.3. The van der Waals surface area contributed by atoms with Gasteiger partial charge in [-0.2, -0.15) is 0 Å². The summed E-state index contributed by atoms with van der Waals surface area (Å²) < 4.78 is 2.03. The molecule has 1 amide bonds. The zero-order valence-corrected chi connectivity index (χ0v) is 16.7. The molecule has 6 rings (SSSR count). The van der Waals surface area contributed by atoms with Crippen LogP contribution in [0.4, 0.5) is 17.2 Å². The minimum absolute atomic E-state index is 0.109. The maximum Gasteiger partial charge on any atom is 0.227 e. The van der Waals surface area contributed by atoms with Crippen LogP contribution in [0.1, 0.15) is 19.3 Å². The van der Waals surface area contributed by atoms with Gasteiger partial charge in [0.05, 0.1) is 11.4 Å². The van der Waals surface area contributed by atoms with Crippen LogP contribution >= 0.6 is 0 Å². The van der Waals surface area contributed by atoms with Gasteiger partial charge in [0.1, 0.15) is 0 Å². The summed E-state index contributed by atoms with van der Waals surface area (Å²) in [5, 5.41) is 15.5. The number of carbonyl (C=O) groups is 1. The van der Waals surface area contributed by atoms with Gasteiger partial charge in [-0.15, -0.1) is 10.2 Å². The highest BCUT2D eigenvalue weighted by Crippen LogP contribution is 2.39. The van der Waals surface area contributed by atoms with Crippen LogP contribution in [0.15, 0.2) is 66.9 Å². The third-order valence-corrected chi connectivity index (χ3v) is 6.00. The second-order valence-electron chi connectivity index (χ2n) is 7.92. The lowest BCUT2D eigenvalue weighted by Gasteiger charge is -2.24. The number of nitrogens with zero attached hydrogens (tertiary/aromatic N) is 4. The molecule has 0 saturated heterocycles. The van der Waals surface area contributed by atoms with E-state index in [9.17, 15) is 4.79 Å². The lowest BCUT2D eigenvalue weighted by atomic mass is 9.85. The summed E-state index contributed by atoms with van der Waals surface area (Å²) >= 11 is 0. The first-order valence-corrected chi connectivity index (χ1v) is 10.5. The van der Waals surface area contributed by atoms with Gasteiger partial charge in [0, 0.05) is 28.9 Å². The molecule has 1 aliphatic carbocycles. The molecule has 0 radical (unpaired) electrons. The highest BCUT2D eigenvalue weighted by molar-refractivity contribution is 5.93. The second kappa shape index (κ2) is 7.05. The van der Waals surface area contributed by atoms with Crippen LogP contribution in [0.3, 0.4) is 0 Å². The maximum absolute atomic E-state index is 12.2. The number of amides is 1. The van der Waals surface area contributed by atoms with E-state index in [0.717, 1.165) is 64.9 Å². The van der Waals surface area contributed by atoms with Gasteiger partial charge >= 0.3 is 0 Å². The number of hydrogen-bond acceptors (Lipinski definition) is 5. The molecule has 4 aromatic rings. The van der Waals surface area contributed by atoms with Gasteiger partial charge in [-0.25, -0.2) is 4.98 Å². The monoisotopic (exact) mass is 408 g/mol. The Bertz CT molecular complexity index is 1290. The van der Waals surface area contributed by atoms with E-state index >= 15 is 0 Å². The van der Waals surface area contributed by atoms with E-state index in [2.05, 4.69) is 25.8 Å². The predicted molar refractivity (Wildman–Crippen MR) is 119 cm³/mol. The van der Waals surface area contributed by atoms with Crippen molar-refractivity contribution in [3.05, 3.63) is 66.9 Å². The molecular formula is C24H20N6O. The number of rotatable bonds is 3. The molecule has 0 bridgehead atoms. The van der Waals surface area contributed by atoms with Gasteiger partial charge < -0.3 is 10.6 Å². The van der Waals surface area contributed by atoms with Crippen LogP contribution < -0.4 is 10.6 Å². The van der Waals surface area contributed by atoms with Crippen molar-refractivity contribution in [3.8, 4) is 28.5 Å². The van der Waals surface area contributed by atoms with E-state index in [-0.39, 0.29) is 11.8 Å². The molecule has 3 heterocycles.